The van der Waals surface area contributed by atoms with Crippen LogP contribution in [0.4, 0.5) is 5.69 Å². The van der Waals surface area contributed by atoms with E-state index in [1.54, 1.807) is 23.1 Å². The number of piperazine rings is 1. The average molecular weight is 549 g/mol. The van der Waals surface area contributed by atoms with Gasteiger partial charge in [0, 0.05) is 54.4 Å². The summed E-state index contributed by atoms with van der Waals surface area (Å²) < 4.78 is 0. The molecule has 1 aliphatic rings. The van der Waals surface area contributed by atoms with Crippen LogP contribution in [0.25, 0.3) is 0 Å². The van der Waals surface area contributed by atoms with Gasteiger partial charge in [0.2, 0.25) is 11.8 Å². The molecule has 2 aromatic carbocycles. The summed E-state index contributed by atoms with van der Waals surface area (Å²) in [5.74, 6) is 0.189. The van der Waals surface area contributed by atoms with Crippen molar-refractivity contribution in [1.29, 1.82) is 0 Å². The maximum absolute atomic E-state index is 13.6. The smallest absolute Gasteiger partial charge is 0.245 e. The van der Waals surface area contributed by atoms with Crippen LogP contribution >= 0.6 is 23.2 Å². The number of nitrogens with zero attached hydrogens (tertiary/aromatic N) is 3. The van der Waals surface area contributed by atoms with Crippen molar-refractivity contribution in [2.45, 2.75) is 38.8 Å². The van der Waals surface area contributed by atoms with Crippen molar-refractivity contribution >= 4 is 40.7 Å². The van der Waals surface area contributed by atoms with Gasteiger partial charge in [-0.15, -0.1) is 0 Å². The number of para-hydroxylation sites is 1. The molecule has 37 heavy (non-hydrogen) atoms. The second kappa shape index (κ2) is 13.5. The predicted molar refractivity (Wildman–Crippen MR) is 152 cm³/mol. The van der Waals surface area contributed by atoms with E-state index >= 15 is 0 Å². The topological polar surface area (TPSA) is 81.9 Å². The molecule has 0 radical (unpaired) electrons. The van der Waals surface area contributed by atoms with E-state index in [-0.39, 0.29) is 24.4 Å². The number of halogens is 2. The van der Waals surface area contributed by atoms with Gasteiger partial charge in [0.25, 0.3) is 0 Å². The molecule has 0 bridgehead atoms. The number of anilines is 1. The van der Waals surface area contributed by atoms with Crippen molar-refractivity contribution in [2.24, 2.45) is 11.7 Å². The molecule has 3 N–H and O–H groups in total. The zero-order valence-electron chi connectivity index (χ0n) is 22.2. The third-order valence-electron chi connectivity index (χ3n) is 6.53. The summed E-state index contributed by atoms with van der Waals surface area (Å²) in [5, 5.41) is 3.93. The first-order valence-electron chi connectivity index (χ1n) is 12.8. The van der Waals surface area contributed by atoms with Crippen molar-refractivity contribution < 1.29 is 9.59 Å². The van der Waals surface area contributed by atoms with E-state index in [9.17, 15) is 9.59 Å². The molecule has 1 heterocycles. The van der Waals surface area contributed by atoms with E-state index < -0.39 is 6.04 Å². The van der Waals surface area contributed by atoms with Gasteiger partial charge in [0.15, 0.2) is 0 Å². The highest BCUT2D eigenvalue weighted by molar-refractivity contribution is 6.35. The van der Waals surface area contributed by atoms with Crippen LogP contribution in [0.3, 0.4) is 0 Å². The number of rotatable bonds is 10. The van der Waals surface area contributed by atoms with E-state index in [0.29, 0.717) is 48.6 Å². The molecular formula is C28H39Cl2N5O2. The fourth-order valence-electron chi connectivity index (χ4n) is 4.75. The second-order valence-electron chi connectivity index (χ2n) is 10.4. The van der Waals surface area contributed by atoms with E-state index in [4.69, 9.17) is 28.9 Å². The summed E-state index contributed by atoms with van der Waals surface area (Å²) in [6, 6.07) is 12.7. The molecule has 2 aromatic rings. The Balaban J connectivity index is 1.72. The number of nitrogens with one attached hydrogen (secondary N) is 1. The Morgan fingerprint density at radius 1 is 1.05 bits per heavy atom. The van der Waals surface area contributed by atoms with Gasteiger partial charge < -0.3 is 25.8 Å². The molecule has 0 aromatic heterocycles. The summed E-state index contributed by atoms with van der Waals surface area (Å²) in [7, 11) is 3.63. The summed E-state index contributed by atoms with van der Waals surface area (Å²) in [6.45, 7) is 7.05. The van der Waals surface area contributed by atoms with Crippen molar-refractivity contribution in [2.75, 3.05) is 51.7 Å². The van der Waals surface area contributed by atoms with Gasteiger partial charge in [-0.05, 0) is 55.8 Å². The molecule has 202 valence electrons. The van der Waals surface area contributed by atoms with Gasteiger partial charge in [-0.1, -0.05) is 61.3 Å². The first kappa shape index (κ1) is 29.2. The molecule has 7 nitrogen and oxygen atoms in total. The highest BCUT2D eigenvalue weighted by atomic mass is 35.5. The number of hydrogen-bond donors (Lipinski definition) is 2. The minimum atomic E-state index is -0.718. The molecule has 1 fully saturated rings. The SMILES string of the molecule is CC(C)CC(N)c1ccccc1N1CCN(C(=O)[C@@H](Cc2ccc(Cl)cc2Cl)NC(=O)CN(C)C)CC1. The predicted octanol–water partition coefficient (Wildman–Crippen LogP) is 3.98. The normalized spacial score (nSPS) is 15.7. The zero-order chi connectivity index (χ0) is 27.1. The molecule has 2 atom stereocenters. The molecule has 3 rings (SSSR count). The molecule has 0 aliphatic carbocycles. The number of likely N-dealkylation sites (N-methyl/N-ethyl adjacent to an activating group) is 1. The van der Waals surface area contributed by atoms with E-state index in [1.807, 2.05) is 31.1 Å². The lowest BCUT2D eigenvalue weighted by Gasteiger charge is -2.39. The summed E-state index contributed by atoms with van der Waals surface area (Å²) in [4.78, 5) is 32.1. The van der Waals surface area contributed by atoms with Crippen LogP contribution in [0.1, 0.15) is 37.4 Å². The average Bonchev–Trinajstić information content (AvgIpc) is 2.84. The fourth-order valence-corrected chi connectivity index (χ4v) is 5.23. The number of benzene rings is 2. The molecule has 2 amide bonds. The van der Waals surface area contributed by atoms with Crippen LogP contribution in [-0.2, 0) is 16.0 Å². The minimum absolute atomic E-state index is 0.0312. The maximum Gasteiger partial charge on any atom is 0.245 e. The van der Waals surface area contributed by atoms with Crippen LogP contribution < -0.4 is 16.0 Å². The summed E-state index contributed by atoms with van der Waals surface area (Å²) >= 11 is 12.4. The van der Waals surface area contributed by atoms with Crippen LogP contribution in [0.2, 0.25) is 10.0 Å². The maximum atomic E-state index is 13.6. The molecule has 9 heteroatoms. The van der Waals surface area contributed by atoms with Crippen LogP contribution in [0.5, 0.6) is 0 Å². The first-order chi connectivity index (χ1) is 17.5. The van der Waals surface area contributed by atoms with Crippen molar-refractivity contribution in [3.8, 4) is 0 Å². The Bertz CT molecular complexity index is 1070. The Morgan fingerprint density at radius 2 is 1.73 bits per heavy atom. The van der Waals surface area contributed by atoms with Gasteiger partial charge in [-0.25, -0.2) is 0 Å². The Hall–Kier alpha value is -2.32. The lowest BCUT2D eigenvalue weighted by Crippen LogP contribution is -2.56. The van der Waals surface area contributed by atoms with E-state index in [0.717, 1.165) is 23.2 Å². The highest BCUT2D eigenvalue weighted by Gasteiger charge is 2.30. The Kier molecular flexibility index (Phi) is 10.6. The number of nitrogens with two attached hydrogens (primary N) is 1. The lowest BCUT2D eigenvalue weighted by atomic mass is 9.96. The standard InChI is InChI=1S/C28H39Cl2N5O2/c1-19(2)15-24(31)22-7-5-6-8-26(22)34-11-13-35(14-12-34)28(37)25(32-27(36)18-33(3)4)16-20-9-10-21(29)17-23(20)30/h5-10,17,19,24-25H,11-16,18,31H2,1-4H3,(H,32,36)/t24?,25-/m1/s1. The van der Waals surface area contributed by atoms with Gasteiger partial charge in [0.05, 0.1) is 6.54 Å². The van der Waals surface area contributed by atoms with Crippen molar-refractivity contribution in [3.05, 3.63) is 63.6 Å². The van der Waals surface area contributed by atoms with Gasteiger partial charge in [-0.2, -0.15) is 0 Å². The number of carbonyl (C=O) groups is 2. The third kappa shape index (κ3) is 8.34. The van der Waals surface area contributed by atoms with Crippen molar-refractivity contribution in [1.82, 2.24) is 15.1 Å². The summed E-state index contributed by atoms with van der Waals surface area (Å²) in [6.07, 6.45) is 1.21. The molecule has 0 spiro atoms. The zero-order valence-corrected chi connectivity index (χ0v) is 23.7. The fraction of sp³-hybridized carbons (Fsp3) is 0.500. The first-order valence-corrected chi connectivity index (χ1v) is 13.6. The monoisotopic (exact) mass is 547 g/mol. The second-order valence-corrected chi connectivity index (χ2v) is 11.2. The van der Waals surface area contributed by atoms with Crippen LogP contribution in [0, 0.1) is 5.92 Å². The molecular weight excluding hydrogens is 509 g/mol. The van der Waals surface area contributed by atoms with Crippen LogP contribution in [0.15, 0.2) is 42.5 Å². The number of carbonyl (C=O) groups excluding carboxylic acids is 2. The van der Waals surface area contributed by atoms with Gasteiger partial charge >= 0.3 is 0 Å². The third-order valence-corrected chi connectivity index (χ3v) is 7.11. The lowest BCUT2D eigenvalue weighted by molar-refractivity contribution is -0.136. The van der Waals surface area contributed by atoms with Crippen molar-refractivity contribution in [3.63, 3.8) is 0 Å². The molecule has 0 saturated carbocycles. The van der Waals surface area contributed by atoms with Gasteiger partial charge in [-0.3, -0.25) is 9.59 Å². The summed E-state index contributed by atoms with van der Waals surface area (Å²) in [5.41, 5.74) is 9.58. The van der Waals surface area contributed by atoms with E-state index in [2.05, 4.69) is 36.2 Å². The minimum Gasteiger partial charge on any atom is -0.368 e. The van der Waals surface area contributed by atoms with E-state index in [1.165, 1.54) is 0 Å². The molecule has 1 saturated heterocycles. The largest absolute Gasteiger partial charge is 0.368 e. The van der Waals surface area contributed by atoms with Crippen LogP contribution in [-0.4, -0.2) is 74.5 Å². The molecule has 1 aliphatic heterocycles. The van der Waals surface area contributed by atoms with Gasteiger partial charge in [0.1, 0.15) is 6.04 Å². The molecule has 1 unspecified atom stereocenters. The quantitative estimate of drug-likeness (QED) is 0.470. The number of amides is 2. The Morgan fingerprint density at radius 3 is 2.35 bits per heavy atom. The number of hydrogen-bond acceptors (Lipinski definition) is 5. The highest BCUT2D eigenvalue weighted by Crippen LogP contribution is 2.30. The Labute approximate surface area is 230 Å².